The largest absolute Gasteiger partial charge is 0.488 e. The van der Waals surface area contributed by atoms with Crippen LogP contribution in [0, 0.1) is 11.3 Å². The molecule has 1 N–H and O–H groups in total. The zero-order chi connectivity index (χ0) is 19.4. The summed E-state index contributed by atoms with van der Waals surface area (Å²) in [5.74, 6) is 0.514. The number of rotatable bonds is 5. The van der Waals surface area contributed by atoms with Gasteiger partial charge in [0.25, 0.3) is 5.56 Å². The minimum absolute atomic E-state index is 0.0569. The zero-order valence-electron chi connectivity index (χ0n) is 14.1. The van der Waals surface area contributed by atoms with Crippen molar-refractivity contribution in [1.29, 1.82) is 5.26 Å². The molecular formula is C19H13BrClN3O2S. The summed E-state index contributed by atoms with van der Waals surface area (Å²) in [6, 6.07) is 14.7. The highest BCUT2D eigenvalue weighted by Crippen LogP contribution is 2.34. The van der Waals surface area contributed by atoms with Gasteiger partial charge in [0.2, 0.25) is 0 Å². The van der Waals surface area contributed by atoms with E-state index in [-0.39, 0.29) is 17.9 Å². The zero-order valence-corrected chi connectivity index (χ0v) is 17.3. The van der Waals surface area contributed by atoms with Crippen molar-refractivity contribution >= 4 is 39.3 Å². The van der Waals surface area contributed by atoms with Crippen LogP contribution in [0.1, 0.15) is 11.1 Å². The molecule has 1 heterocycles. The number of aromatic nitrogens is 2. The molecule has 0 unspecified atom stereocenters. The Bertz CT molecular complexity index is 1100. The second-order valence-electron chi connectivity index (χ2n) is 5.47. The van der Waals surface area contributed by atoms with Crippen LogP contribution in [-0.2, 0) is 6.61 Å². The molecule has 27 heavy (non-hydrogen) atoms. The van der Waals surface area contributed by atoms with Gasteiger partial charge in [-0.1, -0.05) is 51.4 Å². The summed E-state index contributed by atoms with van der Waals surface area (Å²) >= 11 is 10.7. The number of nitrogens with one attached hydrogen (secondary N) is 1. The Morgan fingerprint density at radius 3 is 2.85 bits per heavy atom. The van der Waals surface area contributed by atoms with Gasteiger partial charge in [-0.25, -0.2) is 4.98 Å². The molecule has 0 saturated heterocycles. The van der Waals surface area contributed by atoms with Crippen LogP contribution in [0.5, 0.6) is 5.75 Å². The highest BCUT2D eigenvalue weighted by atomic mass is 79.9. The SMILES string of the molecule is CSc1nc(-c2cc(Br)ccc2OCc2cccc(Cl)c2)c(C#N)c(=O)[nH]1. The van der Waals surface area contributed by atoms with E-state index in [1.807, 2.05) is 30.3 Å². The number of aromatic amines is 1. The maximum atomic E-state index is 12.2. The van der Waals surface area contributed by atoms with E-state index in [1.54, 1.807) is 24.5 Å². The Morgan fingerprint density at radius 2 is 2.15 bits per heavy atom. The fraction of sp³-hybridized carbons (Fsp3) is 0.105. The van der Waals surface area contributed by atoms with E-state index in [0.29, 0.717) is 21.5 Å². The lowest BCUT2D eigenvalue weighted by atomic mass is 10.1. The van der Waals surface area contributed by atoms with Crippen molar-refractivity contribution in [2.45, 2.75) is 11.8 Å². The second kappa shape index (κ2) is 8.61. The summed E-state index contributed by atoms with van der Waals surface area (Å²) in [4.78, 5) is 19.3. The summed E-state index contributed by atoms with van der Waals surface area (Å²) in [7, 11) is 0. The Morgan fingerprint density at radius 1 is 1.33 bits per heavy atom. The van der Waals surface area contributed by atoms with Crippen molar-refractivity contribution < 1.29 is 4.74 Å². The van der Waals surface area contributed by atoms with Gasteiger partial charge >= 0.3 is 0 Å². The quantitative estimate of drug-likeness (QED) is 0.425. The molecule has 2 aromatic carbocycles. The van der Waals surface area contributed by atoms with Crippen LogP contribution >= 0.6 is 39.3 Å². The lowest BCUT2D eigenvalue weighted by molar-refractivity contribution is 0.307. The normalized spacial score (nSPS) is 10.4. The molecule has 0 saturated carbocycles. The third-order valence-corrected chi connectivity index (χ3v) is 4.99. The van der Waals surface area contributed by atoms with Crippen LogP contribution in [0.25, 0.3) is 11.3 Å². The lowest BCUT2D eigenvalue weighted by Crippen LogP contribution is -2.15. The Labute approximate surface area is 173 Å². The van der Waals surface area contributed by atoms with Gasteiger partial charge in [-0.05, 0) is 42.2 Å². The molecular weight excluding hydrogens is 450 g/mol. The highest BCUT2D eigenvalue weighted by Gasteiger charge is 2.18. The first-order valence-electron chi connectivity index (χ1n) is 7.77. The maximum absolute atomic E-state index is 12.2. The van der Waals surface area contributed by atoms with Crippen LogP contribution in [0.2, 0.25) is 5.02 Å². The fourth-order valence-corrected chi connectivity index (χ4v) is 3.40. The van der Waals surface area contributed by atoms with Crippen molar-refractivity contribution in [1.82, 2.24) is 9.97 Å². The molecule has 8 heteroatoms. The van der Waals surface area contributed by atoms with Gasteiger partial charge in [-0.3, -0.25) is 4.79 Å². The molecule has 0 fully saturated rings. The number of benzene rings is 2. The van der Waals surface area contributed by atoms with Gasteiger partial charge in [0.15, 0.2) is 5.16 Å². The van der Waals surface area contributed by atoms with E-state index >= 15 is 0 Å². The molecule has 0 aliphatic heterocycles. The smallest absolute Gasteiger partial charge is 0.270 e. The fourth-order valence-electron chi connectivity index (χ4n) is 2.45. The molecule has 3 aromatic rings. The minimum Gasteiger partial charge on any atom is -0.488 e. The van der Waals surface area contributed by atoms with Crippen molar-refractivity contribution in [3.8, 4) is 23.1 Å². The minimum atomic E-state index is -0.479. The van der Waals surface area contributed by atoms with E-state index in [1.165, 1.54) is 11.8 Å². The summed E-state index contributed by atoms with van der Waals surface area (Å²) in [5.41, 5.74) is 1.21. The number of hydrogen-bond acceptors (Lipinski definition) is 5. The second-order valence-corrected chi connectivity index (χ2v) is 7.62. The summed E-state index contributed by atoms with van der Waals surface area (Å²) < 4.78 is 6.73. The number of ether oxygens (including phenoxy) is 1. The van der Waals surface area contributed by atoms with Crippen molar-refractivity contribution in [2.75, 3.05) is 6.26 Å². The third kappa shape index (κ3) is 4.53. The number of hydrogen-bond donors (Lipinski definition) is 1. The average molecular weight is 463 g/mol. The monoisotopic (exact) mass is 461 g/mol. The van der Waals surface area contributed by atoms with Gasteiger partial charge in [-0.15, -0.1) is 0 Å². The molecule has 136 valence electrons. The van der Waals surface area contributed by atoms with Gasteiger partial charge in [-0.2, -0.15) is 5.26 Å². The topological polar surface area (TPSA) is 78.8 Å². The maximum Gasteiger partial charge on any atom is 0.270 e. The average Bonchev–Trinajstić information content (AvgIpc) is 2.66. The van der Waals surface area contributed by atoms with E-state index in [4.69, 9.17) is 16.3 Å². The number of thioether (sulfide) groups is 1. The lowest BCUT2D eigenvalue weighted by Gasteiger charge is -2.13. The molecule has 0 atom stereocenters. The van der Waals surface area contributed by atoms with Gasteiger partial charge < -0.3 is 9.72 Å². The van der Waals surface area contributed by atoms with Crippen LogP contribution in [0.3, 0.4) is 0 Å². The van der Waals surface area contributed by atoms with Gasteiger partial charge in [0, 0.05) is 15.1 Å². The van der Waals surface area contributed by atoms with Gasteiger partial charge in [0.05, 0.1) is 0 Å². The Hall–Kier alpha value is -2.27. The van der Waals surface area contributed by atoms with Crippen molar-refractivity contribution in [2.24, 2.45) is 0 Å². The number of H-pyrrole nitrogens is 1. The van der Waals surface area contributed by atoms with Crippen LogP contribution in [0.4, 0.5) is 0 Å². The predicted octanol–water partition coefficient (Wildman–Crippen LogP) is 5.03. The van der Waals surface area contributed by atoms with Crippen LogP contribution < -0.4 is 10.3 Å². The molecule has 5 nitrogen and oxygen atoms in total. The number of nitriles is 1. The van der Waals surface area contributed by atoms with Crippen molar-refractivity contribution in [3.63, 3.8) is 0 Å². The first-order valence-corrected chi connectivity index (χ1v) is 10.2. The van der Waals surface area contributed by atoms with Crippen molar-refractivity contribution in [3.05, 3.63) is 73.4 Å². The molecule has 0 aliphatic rings. The summed E-state index contributed by atoms with van der Waals surface area (Å²) in [6.07, 6.45) is 1.80. The third-order valence-electron chi connectivity index (χ3n) is 3.68. The highest BCUT2D eigenvalue weighted by molar-refractivity contribution is 9.10. The number of halogens is 2. The van der Waals surface area contributed by atoms with E-state index < -0.39 is 5.56 Å². The van der Waals surface area contributed by atoms with E-state index in [9.17, 15) is 10.1 Å². The molecule has 0 spiro atoms. The predicted molar refractivity (Wildman–Crippen MR) is 110 cm³/mol. The molecule has 0 amide bonds. The molecule has 0 bridgehead atoms. The van der Waals surface area contributed by atoms with Gasteiger partial charge in [0.1, 0.15) is 29.7 Å². The Balaban J connectivity index is 2.06. The standard InChI is InChI=1S/C19H13BrClN3O2S/c1-27-19-23-17(15(9-22)18(25)24-19)14-8-12(20)5-6-16(14)26-10-11-3-2-4-13(21)7-11/h2-8H,10H2,1H3,(H,23,24,25). The van der Waals surface area contributed by atoms with Crippen LogP contribution in [-0.4, -0.2) is 16.2 Å². The van der Waals surface area contributed by atoms with Crippen LogP contribution in [0.15, 0.2) is 56.9 Å². The Kier molecular flexibility index (Phi) is 6.22. The molecule has 0 radical (unpaired) electrons. The summed E-state index contributed by atoms with van der Waals surface area (Å²) in [5, 5.41) is 10.5. The number of nitrogens with zero attached hydrogens (tertiary/aromatic N) is 2. The van der Waals surface area contributed by atoms with E-state index in [2.05, 4.69) is 25.9 Å². The molecule has 3 rings (SSSR count). The summed E-state index contributed by atoms with van der Waals surface area (Å²) in [6.45, 7) is 0.287. The molecule has 0 aliphatic carbocycles. The molecule has 1 aromatic heterocycles. The first-order chi connectivity index (χ1) is 13.0. The van der Waals surface area contributed by atoms with E-state index in [0.717, 1.165) is 10.0 Å². The first kappa shape index (κ1) is 19.5.